The SMILES string of the molecule is CCC/C=C/CC(=O)NCC[N+](CCO)(CC(=O)[O-])CC(=O)O. The zero-order valence-corrected chi connectivity index (χ0v) is 13.5. The molecule has 0 aliphatic heterocycles. The maximum Gasteiger partial charge on any atom is 0.359 e. The minimum absolute atomic E-state index is 0.0352. The van der Waals surface area contributed by atoms with E-state index >= 15 is 0 Å². The van der Waals surface area contributed by atoms with Crippen LogP contribution in [0.25, 0.3) is 0 Å². The zero-order chi connectivity index (χ0) is 17.7. The molecule has 0 aromatic carbocycles. The van der Waals surface area contributed by atoms with Crippen LogP contribution in [0.1, 0.15) is 26.2 Å². The highest BCUT2D eigenvalue weighted by atomic mass is 16.4. The van der Waals surface area contributed by atoms with Gasteiger partial charge >= 0.3 is 5.97 Å². The van der Waals surface area contributed by atoms with Gasteiger partial charge in [-0.1, -0.05) is 25.5 Å². The van der Waals surface area contributed by atoms with Crippen LogP contribution >= 0.6 is 0 Å². The molecule has 0 heterocycles. The topological polar surface area (TPSA) is 127 Å². The molecule has 0 aromatic rings. The van der Waals surface area contributed by atoms with Crippen molar-refractivity contribution in [2.24, 2.45) is 0 Å². The number of aliphatic hydroxyl groups excluding tert-OH is 1. The number of carboxylic acids is 2. The number of amides is 1. The molecule has 3 N–H and O–H groups in total. The molecular weight excluding hydrogens is 304 g/mol. The van der Waals surface area contributed by atoms with Crippen molar-refractivity contribution in [1.29, 1.82) is 0 Å². The summed E-state index contributed by atoms with van der Waals surface area (Å²) in [6.07, 6.45) is 5.78. The van der Waals surface area contributed by atoms with Gasteiger partial charge in [-0.15, -0.1) is 0 Å². The van der Waals surface area contributed by atoms with Gasteiger partial charge in [0.05, 0.1) is 25.7 Å². The number of aliphatic carboxylic acids is 2. The largest absolute Gasteiger partial charge is 0.544 e. The van der Waals surface area contributed by atoms with Crippen LogP contribution in [0.15, 0.2) is 12.2 Å². The maximum absolute atomic E-state index is 11.6. The van der Waals surface area contributed by atoms with E-state index < -0.39 is 25.0 Å². The second kappa shape index (κ2) is 11.6. The number of aliphatic hydroxyl groups is 1. The van der Waals surface area contributed by atoms with Crippen LogP contribution in [0.3, 0.4) is 0 Å². The Morgan fingerprint density at radius 3 is 2.39 bits per heavy atom. The molecule has 0 aliphatic carbocycles. The fraction of sp³-hybridized carbons (Fsp3) is 0.667. The Kier molecular flexibility index (Phi) is 10.6. The number of unbranched alkanes of at least 4 members (excludes halogenated alkanes) is 1. The molecule has 0 spiro atoms. The van der Waals surface area contributed by atoms with Gasteiger partial charge in [-0.25, -0.2) is 4.79 Å². The van der Waals surface area contributed by atoms with Gasteiger partial charge in [-0.3, -0.25) is 4.79 Å². The first-order valence-corrected chi connectivity index (χ1v) is 7.64. The van der Waals surface area contributed by atoms with Crippen molar-refractivity contribution in [3.8, 4) is 0 Å². The van der Waals surface area contributed by atoms with Crippen LogP contribution in [0.5, 0.6) is 0 Å². The molecule has 23 heavy (non-hydrogen) atoms. The van der Waals surface area contributed by atoms with Gasteiger partial charge < -0.3 is 29.9 Å². The van der Waals surface area contributed by atoms with Crippen molar-refractivity contribution in [1.82, 2.24) is 5.32 Å². The van der Waals surface area contributed by atoms with E-state index in [4.69, 9.17) is 10.2 Å². The Hall–Kier alpha value is -1.93. The molecule has 0 aliphatic rings. The van der Waals surface area contributed by atoms with Gasteiger partial charge in [0.15, 0.2) is 6.54 Å². The van der Waals surface area contributed by atoms with E-state index in [2.05, 4.69) is 5.32 Å². The quantitative estimate of drug-likeness (QED) is 0.278. The zero-order valence-electron chi connectivity index (χ0n) is 13.5. The Morgan fingerprint density at radius 1 is 1.17 bits per heavy atom. The van der Waals surface area contributed by atoms with Gasteiger partial charge in [0.2, 0.25) is 5.91 Å². The van der Waals surface area contributed by atoms with Crippen molar-refractivity contribution in [2.45, 2.75) is 26.2 Å². The molecule has 0 fully saturated rings. The number of carbonyl (C=O) groups is 3. The molecule has 0 bridgehead atoms. The smallest absolute Gasteiger partial charge is 0.359 e. The first kappa shape index (κ1) is 21.1. The summed E-state index contributed by atoms with van der Waals surface area (Å²) in [4.78, 5) is 33.5. The standard InChI is InChI=1S/C15H26N2O6/c1-2-3-4-5-6-13(19)16-7-8-17(9-10-18,11-14(20)21)12-15(22)23/h4-5,18H,2-3,6-12H2,1H3,(H2-,16,19,20,21,22,23)/b5-4+. The number of nitrogens with one attached hydrogen (secondary N) is 1. The molecule has 8 nitrogen and oxygen atoms in total. The number of nitrogens with zero attached hydrogens (tertiary/aromatic N) is 1. The monoisotopic (exact) mass is 330 g/mol. The van der Waals surface area contributed by atoms with Crippen LogP contribution in [-0.2, 0) is 14.4 Å². The molecule has 0 radical (unpaired) electrons. The maximum atomic E-state index is 11.6. The summed E-state index contributed by atoms with van der Waals surface area (Å²) in [5.74, 6) is -2.79. The predicted molar refractivity (Wildman–Crippen MR) is 81.1 cm³/mol. The molecule has 8 heteroatoms. The molecule has 132 valence electrons. The number of carboxylic acid groups (broad SMARTS) is 2. The van der Waals surface area contributed by atoms with E-state index in [1.165, 1.54) is 0 Å². The van der Waals surface area contributed by atoms with Gasteiger partial charge in [-0.05, 0) is 6.42 Å². The Morgan fingerprint density at radius 2 is 1.87 bits per heavy atom. The summed E-state index contributed by atoms with van der Waals surface area (Å²) in [5, 5.41) is 31.5. The first-order valence-electron chi connectivity index (χ1n) is 7.64. The van der Waals surface area contributed by atoms with Crippen molar-refractivity contribution in [2.75, 3.05) is 39.3 Å². The lowest BCUT2D eigenvalue weighted by atomic mass is 10.2. The van der Waals surface area contributed by atoms with Crippen molar-refractivity contribution in [3.05, 3.63) is 12.2 Å². The fourth-order valence-corrected chi connectivity index (χ4v) is 2.24. The number of hydrogen-bond donors (Lipinski definition) is 3. The lowest BCUT2D eigenvalue weighted by molar-refractivity contribution is -0.915. The lowest BCUT2D eigenvalue weighted by Gasteiger charge is -2.37. The van der Waals surface area contributed by atoms with Gasteiger partial charge in [0, 0.05) is 6.42 Å². The predicted octanol–water partition coefficient (Wildman–Crippen LogP) is -1.51. The summed E-state index contributed by atoms with van der Waals surface area (Å²) in [5.41, 5.74) is 0. The van der Waals surface area contributed by atoms with Crippen LogP contribution in [-0.4, -0.2) is 71.9 Å². The van der Waals surface area contributed by atoms with E-state index in [1.54, 1.807) is 6.08 Å². The molecule has 0 saturated heterocycles. The molecule has 1 atom stereocenters. The second-order valence-corrected chi connectivity index (χ2v) is 5.41. The third kappa shape index (κ3) is 10.4. The Balaban J connectivity index is 4.55. The highest BCUT2D eigenvalue weighted by molar-refractivity contribution is 5.77. The number of carbonyl (C=O) groups excluding carboxylic acids is 2. The highest BCUT2D eigenvalue weighted by Gasteiger charge is 2.30. The van der Waals surface area contributed by atoms with E-state index in [-0.39, 0.29) is 43.1 Å². The minimum atomic E-state index is -1.39. The third-order valence-corrected chi connectivity index (χ3v) is 3.34. The molecule has 0 rings (SSSR count). The summed E-state index contributed by atoms with van der Waals surface area (Å²) in [6.45, 7) is 0.871. The van der Waals surface area contributed by atoms with E-state index in [0.29, 0.717) is 0 Å². The number of quaternary nitrogens is 1. The number of hydrogen-bond acceptors (Lipinski definition) is 5. The number of allylic oxidation sites excluding steroid dienone is 1. The summed E-state index contributed by atoms with van der Waals surface area (Å²) in [6, 6.07) is 0. The minimum Gasteiger partial charge on any atom is -0.544 e. The van der Waals surface area contributed by atoms with Crippen molar-refractivity contribution in [3.63, 3.8) is 0 Å². The van der Waals surface area contributed by atoms with Crippen LogP contribution in [0.2, 0.25) is 0 Å². The summed E-state index contributed by atoms with van der Waals surface area (Å²) < 4.78 is -0.375. The molecule has 0 saturated carbocycles. The summed E-state index contributed by atoms with van der Waals surface area (Å²) >= 11 is 0. The lowest BCUT2D eigenvalue weighted by Crippen LogP contribution is -2.60. The third-order valence-electron chi connectivity index (χ3n) is 3.34. The Labute approximate surface area is 136 Å². The summed E-state index contributed by atoms with van der Waals surface area (Å²) in [7, 11) is 0. The molecular formula is C15H26N2O6. The molecule has 1 unspecified atom stereocenters. The highest BCUT2D eigenvalue weighted by Crippen LogP contribution is 2.05. The molecule has 1 amide bonds. The molecule has 0 aromatic heterocycles. The van der Waals surface area contributed by atoms with E-state index in [1.807, 2.05) is 13.0 Å². The average molecular weight is 330 g/mol. The second-order valence-electron chi connectivity index (χ2n) is 5.41. The number of rotatable bonds is 13. The van der Waals surface area contributed by atoms with Crippen molar-refractivity contribution < 1.29 is 34.2 Å². The van der Waals surface area contributed by atoms with Crippen molar-refractivity contribution >= 4 is 17.8 Å². The van der Waals surface area contributed by atoms with E-state index in [9.17, 15) is 19.5 Å². The Bertz CT molecular complexity index is 406. The fourth-order valence-electron chi connectivity index (χ4n) is 2.24. The van der Waals surface area contributed by atoms with Gasteiger partial charge in [0.25, 0.3) is 0 Å². The average Bonchev–Trinajstić information content (AvgIpc) is 2.42. The van der Waals surface area contributed by atoms with Crippen LogP contribution in [0.4, 0.5) is 0 Å². The van der Waals surface area contributed by atoms with E-state index in [0.717, 1.165) is 12.8 Å². The van der Waals surface area contributed by atoms with Crippen LogP contribution < -0.4 is 10.4 Å². The van der Waals surface area contributed by atoms with Gasteiger partial charge in [-0.2, -0.15) is 0 Å². The normalized spacial score (nSPS) is 13.7. The van der Waals surface area contributed by atoms with Gasteiger partial charge in [0.1, 0.15) is 13.1 Å². The first-order chi connectivity index (χ1) is 10.8. The van der Waals surface area contributed by atoms with Crippen LogP contribution in [0, 0.1) is 0 Å².